The predicted molar refractivity (Wildman–Crippen MR) is 76.1 cm³/mol. The Morgan fingerprint density at radius 3 is 2.79 bits per heavy atom. The molecule has 19 heavy (non-hydrogen) atoms. The summed E-state index contributed by atoms with van der Waals surface area (Å²) in [6.07, 6.45) is 0. The maximum atomic E-state index is 13.1. The van der Waals surface area contributed by atoms with E-state index in [1.54, 1.807) is 0 Å². The van der Waals surface area contributed by atoms with E-state index in [4.69, 9.17) is 0 Å². The highest BCUT2D eigenvalue weighted by Gasteiger charge is 2.14. The standard InChI is InChI=1S/C12H11BrFN3OS/c1-6(2)11-16-17-12(19-11)15-10(18)8-5-7(14)3-4-9(8)13/h3-6H,1-2H3,(H,15,17,18). The van der Waals surface area contributed by atoms with Crippen molar-refractivity contribution in [1.82, 2.24) is 10.2 Å². The summed E-state index contributed by atoms with van der Waals surface area (Å²) in [5, 5.41) is 11.7. The molecule has 0 unspecified atom stereocenters. The van der Waals surface area contributed by atoms with Crippen LogP contribution in [0.3, 0.4) is 0 Å². The van der Waals surface area contributed by atoms with Gasteiger partial charge in [-0.15, -0.1) is 10.2 Å². The first-order valence-corrected chi connectivity index (χ1v) is 7.18. The number of anilines is 1. The minimum Gasteiger partial charge on any atom is -0.296 e. The van der Waals surface area contributed by atoms with Crippen LogP contribution in [0.1, 0.15) is 35.1 Å². The van der Waals surface area contributed by atoms with Crippen LogP contribution < -0.4 is 5.32 Å². The van der Waals surface area contributed by atoms with Crippen molar-refractivity contribution in [2.24, 2.45) is 0 Å². The average molecular weight is 344 g/mol. The number of carbonyl (C=O) groups is 1. The zero-order valence-electron chi connectivity index (χ0n) is 10.3. The zero-order valence-corrected chi connectivity index (χ0v) is 12.7. The smallest absolute Gasteiger partial charge is 0.258 e. The molecule has 0 saturated heterocycles. The molecule has 0 aliphatic carbocycles. The van der Waals surface area contributed by atoms with Gasteiger partial charge in [-0.1, -0.05) is 25.2 Å². The van der Waals surface area contributed by atoms with Crippen molar-refractivity contribution in [1.29, 1.82) is 0 Å². The van der Waals surface area contributed by atoms with Crippen LogP contribution in [-0.4, -0.2) is 16.1 Å². The molecular formula is C12H11BrFN3OS. The molecular weight excluding hydrogens is 333 g/mol. The van der Waals surface area contributed by atoms with E-state index in [0.717, 1.165) is 5.01 Å². The van der Waals surface area contributed by atoms with Gasteiger partial charge >= 0.3 is 0 Å². The molecule has 0 bridgehead atoms. The summed E-state index contributed by atoms with van der Waals surface area (Å²) in [5.41, 5.74) is 0.223. The third-order valence-corrected chi connectivity index (χ3v) is 4.16. The molecule has 0 aliphatic heterocycles. The normalized spacial score (nSPS) is 10.8. The molecule has 0 saturated carbocycles. The lowest BCUT2D eigenvalue weighted by Gasteiger charge is -2.03. The molecule has 0 fully saturated rings. The highest BCUT2D eigenvalue weighted by Crippen LogP contribution is 2.24. The second-order valence-corrected chi connectivity index (χ2v) is 6.04. The molecule has 1 amide bonds. The van der Waals surface area contributed by atoms with Crippen molar-refractivity contribution >= 4 is 38.3 Å². The maximum Gasteiger partial charge on any atom is 0.258 e. The SMILES string of the molecule is CC(C)c1nnc(NC(=O)c2cc(F)ccc2Br)s1. The third kappa shape index (κ3) is 3.36. The van der Waals surface area contributed by atoms with Crippen molar-refractivity contribution in [3.8, 4) is 0 Å². The molecule has 7 heteroatoms. The number of amides is 1. The Morgan fingerprint density at radius 1 is 1.42 bits per heavy atom. The Bertz CT molecular complexity index is 615. The molecule has 0 aliphatic rings. The molecule has 100 valence electrons. The van der Waals surface area contributed by atoms with E-state index in [1.165, 1.54) is 29.5 Å². The number of halogens is 2. The summed E-state index contributed by atoms with van der Waals surface area (Å²) in [6, 6.07) is 3.94. The lowest BCUT2D eigenvalue weighted by molar-refractivity contribution is 0.102. The molecule has 1 heterocycles. The third-order valence-electron chi connectivity index (χ3n) is 2.33. The van der Waals surface area contributed by atoms with E-state index in [1.807, 2.05) is 13.8 Å². The molecule has 1 aromatic carbocycles. The number of benzene rings is 1. The molecule has 2 rings (SSSR count). The minimum atomic E-state index is -0.464. The van der Waals surface area contributed by atoms with Crippen molar-refractivity contribution in [3.63, 3.8) is 0 Å². The first kappa shape index (κ1) is 14.1. The number of nitrogens with one attached hydrogen (secondary N) is 1. The first-order valence-electron chi connectivity index (χ1n) is 5.57. The number of hydrogen-bond donors (Lipinski definition) is 1. The van der Waals surface area contributed by atoms with E-state index < -0.39 is 11.7 Å². The largest absolute Gasteiger partial charge is 0.296 e. The highest BCUT2D eigenvalue weighted by atomic mass is 79.9. The van der Waals surface area contributed by atoms with Crippen LogP contribution in [0, 0.1) is 5.82 Å². The number of hydrogen-bond acceptors (Lipinski definition) is 4. The van der Waals surface area contributed by atoms with Crippen molar-refractivity contribution < 1.29 is 9.18 Å². The Hall–Kier alpha value is -1.34. The Labute approximate surface area is 122 Å². The van der Waals surface area contributed by atoms with E-state index in [2.05, 4.69) is 31.4 Å². The summed E-state index contributed by atoms with van der Waals surface area (Å²) >= 11 is 4.52. The van der Waals surface area contributed by atoms with Gasteiger partial charge in [-0.25, -0.2) is 4.39 Å². The fourth-order valence-corrected chi connectivity index (χ4v) is 2.52. The van der Waals surface area contributed by atoms with Gasteiger partial charge in [0.1, 0.15) is 10.8 Å². The van der Waals surface area contributed by atoms with Crippen molar-refractivity contribution in [2.75, 3.05) is 5.32 Å². The number of carbonyl (C=O) groups excluding carboxylic acids is 1. The van der Waals surface area contributed by atoms with Crippen LogP contribution in [0.15, 0.2) is 22.7 Å². The molecule has 1 aromatic heterocycles. The number of aromatic nitrogens is 2. The van der Waals surface area contributed by atoms with Crippen LogP contribution in [-0.2, 0) is 0 Å². The second-order valence-electron chi connectivity index (χ2n) is 4.18. The number of nitrogens with zero attached hydrogens (tertiary/aromatic N) is 2. The number of rotatable bonds is 3. The van der Waals surface area contributed by atoms with Gasteiger partial charge in [-0.3, -0.25) is 10.1 Å². The van der Waals surface area contributed by atoms with Crippen molar-refractivity contribution in [3.05, 3.63) is 39.1 Å². The Kier molecular flexibility index (Phi) is 4.26. The van der Waals surface area contributed by atoms with Crippen LogP contribution in [0.5, 0.6) is 0 Å². The van der Waals surface area contributed by atoms with E-state index in [9.17, 15) is 9.18 Å². The predicted octanol–water partition coefficient (Wildman–Crippen LogP) is 3.82. The molecule has 1 N–H and O–H groups in total. The molecule has 0 spiro atoms. The monoisotopic (exact) mass is 343 g/mol. The zero-order chi connectivity index (χ0) is 14.0. The average Bonchev–Trinajstić information content (AvgIpc) is 2.80. The van der Waals surface area contributed by atoms with Gasteiger partial charge in [-0.2, -0.15) is 0 Å². The van der Waals surface area contributed by atoms with Gasteiger partial charge in [0.25, 0.3) is 5.91 Å². The molecule has 0 atom stereocenters. The van der Waals surface area contributed by atoms with Crippen LogP contribution in [0.25, 0.3) is 0 Å². The van der Waals surface area contributed by atoms with Gasteiger partial charge in [0.15, 0.2) is 0 Å². The fraction of sp³-hybridized carbons (Fsp3) is 0.250. The first-order chi connectivity index (χ1) is 8.97. The van der Waals surface area contributed by atoms with Crippen LogP contribution >= 0.6 is 27.3 Å². The second kappa shape index (κ2) is 5.75. The van der Waals surface area contributed by atoms with Gasteiger partial charge in [0, 0.05) is 10.4 Å². The summed E-state index contributed by atoms with van der Waals surface area (Å²) in [7, 11) is 0. The molecule has 2 aromatic rings. The van der Waals surface area contributed by atoms with E-state index in [0.29, 0.717) is 9.60 Å². The summed E-state index contributed by atoms with van der Waals surface area (Å²) in [5.74, 6) is -0.629. The van der Waals surface area contributed by atoms with Gasteiger partial charge in [0.05, 0.1) is 5.56 Å². The van der Waals surface area contributed by atoms with E-state index >= 15 is 0 Å². The Balaban J connectivity index is 2.18. The quantitative estimate of drug-likeness (QED) is 0.921. The maximum absolute atomic E-state index is 13.1. The summed E-state index contributed by atoms with van der Waals surface area (Å²) in [6.45, 7) is 3.99. The fourth-order valence-electron chi connectivity index (χ4n) is 1.35. The lowest BCUT2D eigenvalue weighted by Crippen LogP contribution is -2.12. The van der Waals surface area contributed by atoms with Crippen LogP contribution in [0.4, 0.5) is 9.52 Å². The topological polar surface area (TPSA) is 54.9 Å². The lowest BCUT2D eigenvalue weighted by atomic mass is 10.2. The van der Waals surface area contributed by atoms with Crippen molar-refractivity contribution in [2.45, 2.75) is 19.8 Å². The van der Waals surface area contributed by atoms with E-state index in [-0.39, 0.29) is 11.5 Å². The Morgan fingerprint density at radius 2 is 2.16 bits per heavy atom. The highest BCUT2D eigenvalue weighted by molar-refractivity contribution is 9.10. The minimum absolute atomic E-state index is 0.223. The summed E-state index contributed by atoms with van der Waals surface area (Å²) in [4.78, 5) is 12.0. The van der Waals surface area contributed by atoms with Gasteiger partial charge in [-0.05, 0) is 34.1 Å². The molecule has 0 radical (unpaired) electrons. The van der Waals surface area contributed by atoms with Crippen LogP contribution in [0.2, 0.25) is 0 Å². The van der Waals surface area contributed by atoms with Gasteiger partial charge < -0.3 is 0 Å². The van der Waals surface area contributed by atoms with Gasteiger partial charge in [0.2, 0.25) is 5.13 Å². The molecule has 4 nitrogen and oxygen atoms in total. The summed E-state index contributed by atoms with van der Waals surface area (Å²) < 4.78 is 13.7.